The summed E-state index contributed by atoms with van der Waals surface area (Å²) < 4.78 is 11.3. The van der Waals surface area contributed by atoms with Gasteiger partial charge in [-0.15, -0.1) is 0 Å². The average molecular weight is 290 g/mol. The van der Waals surface area contributed by atoms with Crippen LogP contribution in [0.3, 0.4) is 0 Å². The molecule has 112 valence electrons. The lowest BCUT2D eigenvalue weighted by Gasteiger charge is -2.15. The van der Waals surface area contributed by atoms with Gasteiger partial charge in [-0.05, 0) is 39.0 Å². The van der Waals surface area contributed by atoms with Crippen molar-refractivity contribution in [1.82, 2.24) is 15.4 Å². The molecule has 0 aliphatic carbocycles. The van der Waals surface area contributed by atoms with Crippen molar-refractivity contribution >= 4 is 5.91 Å². The summed E-state index contributed by atoms with van der Waals surface area (Å²) in [5.41, 5.74) is 6.43. The van der Waals surface area contributed by atoms with Crippen LogP contribution in [0, 0.1) is 0 Å². The van der Waals surface area contributed by atoms with Crippen LogP contribution in [0.1, 0.15) is 31.3 Å². The predicted molar refractivity (Wildman–Crippen MR) is 77.3 cm³/mol. The summed E-state index contributed by atoms with van der Waals surface area (Å²) in [6, 6.07) is 5.32. The number of H-pyrrole nitrogens is 1. The van der Waals surface area contributed by atoms with E-state index in [0.29, 0.717) is 29.4 Å². The summed E-state index contributed by atoms with van der Waals surface area (Å²) in [5.74, 6) is 0.584. The quantitative estimate of drug-likeness (QED) is 0.843. The number of hydrogen-bond acceptors (Lipinski definition) is 5. The lowest BCUT2D eigenvalue weighted by molar-refractivity contribution is 0.0996. The second kappa shape index (κ2) is 6.25. The first-order valence-electron chi connectivity index (χ1n) is 6.67. The Balaban J connectivity index is 2.43. The van der Waals surface area contributed by atoms with Crippen LogP contribution in [0.5, 0.6) is 11.5 Å². The second-order valence-corrected chi connectivity index (χ2v) is 4.65. The zero-order chi connectivity index (χ0) is 15.4. The molecule has 1 aromatic heterocycles. The van der Waals surface area contributed by atoms with Gasteiger partial charge in [0.25, 0.3) is 5.91 Å². The third kappa shape index (κ3) is 3.31. The van der Waals surface area contributed by atoms with Crippen molar-refractivity contribution in [2.45, 2.75) is 26.9 Å². The van der Waals surface area contributed by atoms with Crippen molar-refractivity contribution in [2.24, 2.45) is 5.73 Å². The molecular weight excluding hydrogens is 272 g/mol. The number of amides is 1. The monoisotopic (exact) mass is 290 g/mol. The normalized spacial score (nSPS) is 10.7. The Kier molecular flexibility index (Phi) is 4.42. The standard InChI is InChI=1S/C14H18N4O3/c1-4-20-11-7-9(5-6-10(11)21-8(2)3)12-13(14(15)19)17-18-16-12/h5-8H,4H2,1-3H3,(H2,15,19)(H,16,17,18). The van der Waals surface area contributed by atoms with Gasteiger partial charge in [0, 0.05) is 5.56 Å². The first-order chi connectivity index (χ1) is 10.0. The number of aromatic amines is 1. The number of nitrogens with one attached hydrogen (secondary N) is 1. The highest BCUT2D eigenvalue weighted by atomic mass is 16.5. The van der Waals surface area contributed by atoms with E-state index in [2.05, 4.69) is 15.4 Å². The maximum Gasteiger partial charge on any atom is 0.271 e. The van der Waals surface area contributed by atoms with Crippen LogP contribution >= 0.6 is 0 Å². The number of carbonyl (C=O) groups excluding carboxylic acids is 1. The number of benzene rings is 1. The van der Waals surface area contributed by atoms with E-state index < -0.39 is 5.91 Å². The number of aromatic nitrogens is 3. The van der Waals surface area contributed by atoms with Crippen LogP contribution < -0.4 is 15.2 Å². The van der Waals surface area contributed by atoms with Crippen molar-refractivity contribution < 1.29 is 14.3 Å². The van der Waals surface area contributed by atoms with Crippen LogP contribution in [-0.4, -0.2) is 34.0 Å². The van der Waals surface area contributed by atoms with Crippen LogP contribution in [0.25, 0.3) is 11.3 Å². The summed E-state index contributed by atoms with van der Waals surface area (Å²) in [6.07, 6.45) is 0.0308. The van der Waals surface area contributed by atoms with E-state index >= 15 is 0 Å². The van der Waals surface area contributed by atoms with Crippen molar-refractivity contribution in [2.75, 3.05) is 6.61 Å². The second-order valence-electron chi connectivity index (χ2n) is 4.65. The number of ether oxygens (including phenoxy) is 2. The van der Waals surface area contributed by atoms with Crippen LogP contribution in [0.2, 0.25) is 0 Å². The smallest absolute Gasteiger partial charge is 0.271 e. The lowest BCUT2D eigenvalue weighted by atomic mass is 10.1. The molecule has 0 atom stereocenters. The fourth-order valence-electron chi connectivity index (χ4n) is 1.88. The highest BCUT2D eigenvalue weighted by Crippen LogP contribution is 2.33. The molecule has 3 N–H and O–H groups in total. The molecule has 0 unspecified atom stereocenters. The van der Waals surface area contributed by atoms with Gasteiger partial charge in [-0.3, -0.25) is 4.79 Å². The zero-order valence-electron chi connectivity index (χ0n) is 12.2. The highest BCUT2D eigenvalue weighted by Gasteiger charge is 2.17. The molecule has 2 aromatic rings. The maximum atomic E-state index is 11.3. The molecule has 0 aliphatic heterocycles. The molecule has 7 heteroatoms. The minimum absolute atomic E-state index is 0.0308. The molecule has 21 heavy (non-hydrogen) atoms. The van der Waals surface area contributed by atoms with E-state index in [1.165, 1.54) is 0 Å². The summed E-state index contributed by atoms with van der Waals surface area (Å²) >= 11 is 0. The van der Waals surface area contributed by atoms with Crippen molar-refractivity contribution in [3.8, 4) is 22.8 Å². The topological polar surface area (TPSA) is 103 Å². The highest BCUT2D eigenvalue weighted by molar-refractivity contribution is 5.96. The van der Waals surface area contributed by atoms with Gasteiger partial charge in [-0.25, -0.2) is 0 Å². The zero-order valence-corrected chi connectivity index (χ0v) is 12.2. The number of primary amides is 1. The van der Waals surface area contributed by atoms with Gasteiger partial charge in [0.05, 0.1) is 12.7 Å². The Bertz CT molecular complexity index is 637. The number of nitrogens with two attached hydrogens (primary N) is 1. The largest absolute Gasteiger partial charge is 0.490 e. The summed E-state index contributed by atoms with van der Waals surface area (Å²) in [5, 5.41) is 10.1. The van der Waals surface area contributed by atoms with Crippen LogP contribution in [-0.2, 0) is 0 Å². The molecule has 0 saturated heterocycles. The molecule has 0 fully saturated rings. The number of carbonyl (C=O) groups is 1. The van der Waals surface area contributed by atoms with Gasteiger partial charge in [0.15, 0.2) is 17.2 Å². The molecule has 2 rings (SSSR count). The maximum absolute atomic E-state index is 11.3. The first kappa shape index (κ1) is 14.8. The van der Waals surface area contributed by atoms with Gasteiger partial charge in [-0.2, -0.15) is 15.4 Å². The number of rotatable bonds is 6. The van der Waals surface area contributed by atoms with Gasteiger partial charge in [0.1, 0.15) is 5.69 Å². The van der Waals surface area contributed by atoms with Crippen molar-refractivity contribution in [1.29, 1.82) is 0 Å². The van der Waals surface area contributed by atoms with Crippen molar-refractivity contribution in [3.63, 3.8) is 0 Å². The summed E-state index contributed by atoms with van der Waals surface area (Å²) in [4.78, 5) is 11.3. The Morgan fingerprint density at radius 3 is 2.71 bits per heavy atom. The Morgan fingerprint density at radius 1 is 1.33 bits per heavy atom. The minimum Gasteiger partial charge on any atom is -0.490 e. The molecule has 0 saturated carbocycles. The van der Waals surface area contributed by atoms with E-state index in [-0.39, 0.29) is 11.8 Å². The fraction of sp³-hybridized carbons (Fsp3) is 0.357. The molecule has 1 amide bonds. The van der Waals surface area contributed by atoms with E-state index in [1.54, 1.807) is 18.2 Å². The number of nitrogens with zero attached hydrogens (tertiary/aromatic N) is 2. The van der Waals surface area contributed by atoms with Crippen molar-refractivity contribution in [3.05, 3.63) is 23.9 Å². The first-order valence-corrected chi connectivity index (χ1v) is 6.67. The van der Waals surface area contributed by atoms with E-state index in [9.17, 15) is 4.79 Å². The molecule has 0 aliphatic rings. The third-order valence-electron chi connectivity index (χ3n) is 2.66. The molecule has 0 radical (unpaired) electrons. The van der Waals surface area contributed by atoms with Gasteiger partial charge < -0.3 is 15.2 Å². The molecular formula is C14H18N4O3. The Labute approximate surface area is 122 Å². The lowest BCUT2D eigenvalue weighted by Crippen LogP contribution is -2.13. The van der Waals surface area contributed by atoms with E-state index in [0.717, 1.165) is 0 Å². The molecule has 0 bridgehead atoms. The summed E-state index contributed by atoms with van der Waals surface area (Å²) in [6.45, 7) is 6.26. The summed E-state index contributed by atoms with van der Waals surface area (Å²) in [7, 11) is 0. The van der Waals surface area contributed by atoms with E-state index in [1.807, 2.05) is 20.8 Å². The predicted octanol–water partition coefficient (Wildman–Crippen LogP) is 1.76. The molecule has 1 heterocycles. The minimum atomic E-state index is -0.640. The number of hydrogen-bond donors (Lipinski definition) is 2. The van der Waals surface area contributed by atoms with Crippen LogP contribution in [0.4, 0.5) is 0 Å². The van der Waals surface area contributed by atoms with Gasteiger partial charge >= 0.3 is 0 Å². The molecule has 1 aromatic carbocycles. The van der Waals surface area contributed by atoms with Gasteiger partial charge in [-0.1, -0.05) is 0 Å². The SMILES string of the molecule is CCOc1cc(-c2n[nH]nc2C(N)=O)ccc1OC(C)C. The fourth-order valence-corrected chi connectivity index (χ4v) is 1.88. The Hall–Kier alpha value is -2.57. The van der Waals surface area contributed by atoms with E-state index in [4.69, 9.17) is 15.2 Å². The molecule has 0 spiro atoms. The average Bonchev–Trinajstić information content (AvgIpc) is 2.90. The van der Waals surface area contributed by atoms with Gasteiger partial charge in [0.2, 0.25) is 0 Å². The van der Waals surface area contributed by atoms with Crippen LogP contribution in [0.15, 0.2) is 18.2 Å². The third-order valence-corrected chi connectivity index (χ3v) is 2.66. The molecule has 7 nitrogen and oxygen atoms in total. The Morgan fingerprint density at radius 2 is 2.10 bits per heavy atom.